The zero-order chi connectivity index (χ0) is 12.6. The van der Waals surface area contributed by atoms with Crippen LogP contribution < -0.4 is 4.74 Å². The van der Waals surface area contributed by atoms with Crippen LogP contribution in [0.15, 0.2) is 35.9 Å². The minimum Gasteiger partial charge on any atom is -0.425 e. The van der Waals surface area contributed by atoms with Crippen LogP contribution in [0.3, 0.4) is 0 Å². The lowest BCUT2D eigenvalue weighted by Gasteiger charge is -2.30. The van der Waals surface area contributed by atoms with Crippen LogP contribution >= 0.6 is 0 Å². The summed E-state index contributed by atoms with van der Waals surface area (Å²) in [5.41, 5.74) is 1.83. The summed E-state index contributed by atoms with van der Waals surface area (Å²) in [5, 5.41) is 0. The monoisotopic (exact) mass is 242 g/mol. The zero-order valence-corrected chi connectivity index (χ0v) is 10.7. The van der Waals surface area contributed by atoms with Crippen molar-refractivity contribution in [3.05, 3.63) is 41.5 Å². The van der Waals surface area contributed by atoms with Gasteiger partial charge in [0.15, 0.2) is 0 Å². The maximum atomic E-state index is 12.4. The highest BCUT2D eigenvalue weighted by molar-refractivity contribution is 5.94. The summed E-state index contributed by atoms with van der Waals surface area (Å²) < 4.78 is 5.49. The van der Waals surface area contributed by atoms with Gasteiger partial charge in [-0.3, -0.25) is 4.79 Å². The highest BCUT2D eigenvalue weighted by atomic mass is 16.5. The summed E-state index contributed by atoms with van der Waals surface area (Å²) in [4.78, 5) is 12.4. The molecule has 1 unspecified atom stereocenters. The largest absolute Gasteiger partial charge is 0.425 e. The normalized spacial score (nSPS) is 26.5. The van der Waals surface area contributed by atoms with E-state index in [-0.39, 0.29) is 5.97 Å². The third-order valence-electron chi connectivity index (χ3n) is 4.27. The molecule has 0 spiro atoms. The van der Waals surface area contributed by atoms with Gasteiger partial charge in [-0.15, -0.1) is 0 Å². The van der Waals surface area contributed by atoms with Crippen molar-refractivity contribution in [3.8, 4) is 5.75 Å². The Labute approximate surface area is 108 Å². The lowest BCUT2D eigenvalue weighted by molar-refractivity contribution is -0.137. The molecule has 18 heavy (non-hydrogen) atoms. The molecule has 1 atom stereocenters. The van der Waals surface area contributed by atoms with E-state index in [0.717, 1.165) is 30.6 Å². The van der Waals surface area contributed by atoms with E-state index in [4.69, 9.17) is 4.74 Å². The minimum absolute atomic E-state index is 0.0839. The fourth-order valence-corrected chi connectivity index (χ4v) is 3.30. The lowest BCUT2D eigenvalue weighted by atomic mass is 9.70. The summed E-state index contributed by atoms with van der Waals surface area (Å²) in [6.45, 7) is 2.08. The second-order valence-electron chi connectivity index (χ2n) is 5.12. The fourth-order valence-electron chi connectivity index (χ4n) is 3.30. The number of allylic oxidation sites excluding steroid dienone is 1. The molecule has 1 aliphatic carbocycles. The van der Waals surface area contributed by atoms with Crippen LogP contribution in [0.25, 0.3) is 0 Å². The number of ether oxygens (including phenoxy) is 1. The topological polar surface area (TPSA) is 26.3 Å². The van der Waals surface area contributed by atoms with Gasteiger partial charge in [-0.2, -0.15) is 0 Å². The second-order valence-corrected chi connectivity index (χ2v) is 5.12. The molecule has 1 aromatic rings. The number of para-hydroxylation sites is 1. The molecule has 2 heteroatoms. The Kier molecular flexibility index (Phi) is 2.73. The molecule has 0 saturated carbocycles. The third kappa shape index (κ3) is 1.45. The fraction of sp³-hybridized carbons (Fsp3) is 0.438. The molecule has 3 rings (SSSR count). The van der Waals surface area contributed by atoms with Gasteiger partial charge in [0.05, 0.1) is 0 Å². The Morgan fingerprint density at radius 2 is 2.11 bits per heavy atom. The molecule has 0 radical (unpaired) electrons. The highest BCUT2D eigenvalue weighted by Gasteiger charge is 2.50. The molecule has 0 fully saturated rings. The number of esters is 1. The van der Waals surface area contributed by atoms with Gasteiger partial charge in [0.1, 0.15) is 11.2 Å². The number of fused-ring (bicyclic) bond motifs is 1. The summed E-state index contributed by atoms with van der Waals surface area (Å²) in [6.07, 6.45) is 7.58. The van der Waals surface area contributed by atoms with Crippen LogP contribution in [0.5, 0.6) is 5.75 Å². The number of benzene rings is 1. The first-order chi connectivity index (χ1) is 8.79. The molecular formula is C16H18O2. The molecule has 1 aliphatic heterocycles. The maximum Gasteiger partial charge on any atom is 0.326 e. The van der Waals surface area contributed by atoms with E-state index in [9.17, 15) is 4.79 Å². The van der Waals surface area contributed by atoms with E-state index in [0.29, 0.717) is 0 Å². The van der Waals surface area contributed by atoms with Gasteiger partial charge in [-0.25, -0.2) is 0 Å². The van der Waals surface area contributed by atoms with Gasteiger partial charge in [-0.1, -0.05) is 36.8 Å². The Balaban J connectivity index is 2.16. The molecule has 1 aromatic carbocycles. The SMILES string of the molecule is CCC1(C2=CCCCC2)C(=O)Oc2ccccc21. The van der Waals surface area contributed by atoms with Crippen LogP contribution in [0.4, 0.5) is 0 Å². The van der Waals surface area contributed by atoms with Gasteiger partial charge in [0.25, 0.3) is 0 Å². The van der Waals surface area contributed by atoms with Crippen molar-refractivity contribution in [1.29, 1.82) is 0 Å². The van der Waals surface area contributed by atoms with Crippen LogP contribution in [0.1, 0.15) is 44.6 Å². The van der Waals surface area contributed by atoms with Gasteiger partial charge < -0.3 is 4.74 Å². The van der Waals surface area contributed by atoms with Gasteiger partial charge in [0, 0.05) is 5.56 Å². The Morgan fingerprint density at radius 3 is 2.83 bits per heavy atom. The van der Waals surface area contributed by atoms with Crippen molar-refractivity contribution in [2.24, 2.45) is 0 Å². The molecule has 2 nitrogen and oxygen atoms in total. The van der Waals surface area contributed by atoms with E-state index in [1.165, 1.54) is 18.4 Å². The number of hydrogen-bond donors (Lipinski definition) is 0. The highest BCUT2D eigenvalue weighted by Crippen LogP contribution is 2.49. The summed E-state index contributed by atoms with van der Waals surface area (Å²) in [5.74, 6) is 0.662. The number of hydrogen-bond acceptors (Lipinski definition) is 2. The van der Waals surface area contributed by atoms with Crippen molar-refractivity contribution in [1.82, 2.24) is 0 Å². The summed E-state index contributed by atoms with van der Waals surface area (Å²) in [6, 6.07) is 7.86. The van der Waals surface area contributed by atoms with Crippen molar-refractivity contribution in [3.63, 3.8) is 0 Å². The van der Waals surface area contributed by atoms with E-state index >= 15 is 0 Å². The van der Waals surface area contributed by atoms with E-state index in [1.54, 1.807) is 0 Å². The molecule has 0 amide bonds. The van der Waals surface area contributed by atoms with Crippen LogP contribution in [-0.4, -0.2) is 5.97 Å². The number of carbonyl (C=O) groups is 1. The molecule has 0 aromatic heterocycles. The first-order valence-electron chi connectivity index (χ1n) is 6.80. The molecule has 0 bridgehead atoms. The summed E-state index contributed by atoms with van der Waals surface area (Å²) >= 11 is 0. The van der Waals surface area contributed by atoms with E-state index < -0.39 is 5.41 Å². The van der Waals surface area contributed by atoms with E-state index in [1.807, 2.05) is 24.3 Å². The summed E-state index contributed by atoms with van der Waals surface area (Å²) in [7, 11) is 0. The Hall–Kier alpha value is -1.57. The predicted molar refractivity (Wildman–Crippen MR) is 70.6 cm³/mol. The Bertz CT molecular complexity index is 516. The van der Waals surface area contributed by atoms with Gasteiger partial charge in [0.2, 0.25) is 0 Å². The van der Waals surface area contributed by atoms with Gasteiger partial charge >= 0.3 is 5.97 Å². The maximum absolute atomic E-state index is 12.4. The molecular weight excluding hydrogens is 224 g/mol. The number of carbonyl (C=O) groups excluding carboxylic acids is 1. The average Bonchev–Trinajstić information content (AvgIpc) is 2.72. The molecule has 2 aliphatic rings. The zero-order valence-electron chi connectivity index (χ0n) is 10.7. The predicted octanol–water partition coefficient (Wildman–Crippen LogP) is 3.75. The van der Waals surface area contributed by atoms with Crippen molar-refractivity contribution >= 4 is 5.97 Å². The van der Waals surface area contributed by atoms with Crippen molar-refractivity contribution < 1.29 is 9.53 Å². The van der Waals surface area contributed by atoms with Crippen molar-refractivity contribution in [2.75, 3.05) is 0 Å². The van der Waals surface area contributed by atoms with E-state index in [2.05, 4.69) is 13.0 Å². The van der Waals surface area contributed by atoms with Crippen LogP contribution in [0.2, 0.25) is 0 Å². The van der Waals surface area contributed by atoms with Crippen molar-refractivity contribution in [2.45, 2.75) is 44.4 Å². The minimum atomic E-state index is -0.503. The molecule has 0 N–H and O–H groups in total. The average molecular weight is 242 g/mol. The third-order valence-corrected chi connectivity index (χ3v) is 4.27. The standard InChI is InChI=1S/C16H18O2/c1-2-16(12-8-4-3-5-9-12)13-10-6-7-11-14(13)18-15(16)17/h6-8,10-11H,2-5,9H2,1H3. The lowest BCUT2D eigenvalue weighted by Crippen LogP contribution is -2.35. The first kappa shape index (κ1) is 11.5. The van der Waals surface area contributed by atoms with Crippen LogP contribution in [-0.2, 0) is 10.2 Å². The molecule has 0 saturated heterocycles. The first-order valence-corrected chi connectivity index (χ1v) is 6.80. The Morgan fingerprint density at radius 1 is 1.28 bits per heavy atom. The van der Waals surface area contributed by atoms with Crippen LogP contribution in [0, 0.1) is 0 Å². The smallest absolute Gasteiger partial charge is 0.326 e. The second kappa shape index (κ2) is 4.27. The molecule has 1 heterocycles. The number of rotatable bonds is 2. The van der Waals surface area contributed by atoms with Gasteiger partial charge in [-0.05, 0) is 38.2 Å². The quantitative estimate of drug-likeness (QED) is 0.448. The molecule has 94 valence electrons.